The quantitative estimate of drug-likeness (QED) is 0.895. The van der Waals surface area contributed by atoms with E-state index in [1.165, 1.54) is 18.4 Å². The van der Waals surface area contributed by atoms with Crippen LogP contribution >= 0.6 is 11.3 Å². The van der Waals surface area contributed by atoms with Crippen molar-refractivity contribution in [2.24, 2.45) is 17.6 Å². The first-order valence-corrected chi connectivity index (χ1v) is 9.76. The summed E-state index contributed by atoms with van der Waals surface area (Å²) in [7, 11) is 1.82. The van der Waals surface area contributed by atoms with Crippen LogP contribution in [0.3, 0.4) is 0 Å². The highest BCUT2D eigenvalue weighted by molar-refractivity contribution is 7.07. The molecule has 2 N–H and O–H groups in total. The number of methoxy groups -OCH3 is 1. The van der Waals surface area contributed by atoms with Crippen LogP contribution in [0.4, 0.5) is 0 Å². The molecule has 5 heteroatoms. The summed E-state index contributed by atoms with van der Waals surface area (Å²) >= 11 is 1.76. The molecule has 1 amide bonds. The molecule has 0 radical (unpaired) electrons. The molecule has 2 aromatic rings. The van der Waals surface area contributed by atoms with Gasteiger partial charge in [-0.05, 0) is 52.9 Å². The van der Waals surface area contributed by atoms with Crippen molar-refractivity contribution in [3.63, 3.8) is 0 Å². The minimum absolute atomic E-state index is 0.295. The van der Waals surface area contributed by atoms with Gasteiger partial charge in [0.2, 0.25) is 5.91 Å². The van der Waals surface area contributed by atoms with E-state index in [0.717, 1.165) is 25.2 Å². The first kappa shape index (κ1) is 16.8. The summed E-state index contributed by atoms with van der Waals surface area (Å²) in [5, 5.41) is 4.37. The Morgan fingerprint density at radius 2 is 2.08 bits per heavy atom. The van der Waals surface area contributed by atoms with E-state index in [1.807, 2.05) is 19.2 Å². The molecule has 2 atom stereocenters. The third kappa shape index (κ3) is 2.80. The minimum Gasteiger partial charge on any atom is -0.373 e. The number of nitrogens with zero attached hydrogens (tertiary/aromatic N) is 1. The first-order valence-electron chi connectivity index (χ1n) is 8.82. The second kappa shape index (κ2) is 6.56. The maximum atomic E-state index is 11.6. The Balaban J connectivity index is 1.63. The number of likely N-dealkylation sites (tertiary alicyclic amines) is 1. The lowest BCUT2D eigenvalue weighted by Gasteiger charge is -2.47. The Morgan fingerprint density at radius 3 is 2.68 bits per heavy atom. The van der Waals surface area contributed by atoms with Crippen LogP contribution in [0.15, 0.2) is 41.1 Å². The summed E-state index contributed by atoms with van der Waals surface area (Å²) in [6.07, 6.45) is 2.33. The molecule has 1 aromatic heterocycles. The highest BCUT2D eigenvalue weighted by atomic mass is 32.1. The highest BCUT2D eigenvalue weighted by Crippen LogP contribution is 2.53. The van der Waals surface area contributed by atoms with Gasteiger partial charge >= 0.3 is 0 Å². The van der Waals surface area contributed by atoms with Crippen molar-refractivity contribution in [1.82, 2.24) is 4.90 Å². The summed E-state index contributed by atoms with van der Waals surface area (Å²) in [4.78, 5) is 14.2. The van der Waals surface area contributed by atoms with Crippen LogP contribution in [0, 0.1) is 11.8 Å². The van der Waals surface area contributed by atoms with E-state index in [2.05, 4.69) is 27.8 Å². The topological polar surface area (TPSA) is 55.6 Å². The highest BCUT2D eigenvalue weighted by Gasteiger charge is 2.55. The molecule has 0 spiro atoms. The number of nitrogens with two attached hydrogens (primary N) is 1. The van der Waals surface area contributed by atoms with Crippen LogP contribution in [0.1, 0.15) is 34.3 Å². The van der Waals surface area contributed by atoms with Gasteiger partial charge < -0.3 is 10.5 Å². The van der Waals surface area contributed by atoms with Crippen LogP contribution in [-0.2, 0) is 16.9 Å². The Morgan fingerprint density at radius 1 is 1.32 bits per heavy atom. The minimum atomic E-state index is -0.379. The molecule has 1 saturated carbocycles. The predicted molar refractivity (Wildman–Crippen MR) is 99.5 cm³/mol. The summed E-state index contributed by atoms with van der Waals surface area (Å²) in [5.74, 6) is 0.506. The molecule has 4 rings (SSSR count). The summed E-state index contributed by atoms with van der Waals surface area (Å²) in [6.45, 7) is 3.07. The number of primary amides is 1. The largest absolute Gasteiger partial charge is 0.373 e. The third-order valence-electron chi connectivity index (χ3n) is 5.96. The number of carbonyl (C=O) groups excluding carboxylic acids is 1. The van der Waals surface area contributed by atoms with E-state index in [1.54, 1.807) is 17.4 Å². The molecule has 2 unspecified atom stereocenters. The molecule has 4 nitrogen and oxygen atoms in total. The van der Waals surface area contributed by atoms with Gasteiger partial charge in [0, 0.05) is 44.1 Å². The van der Waals surface area contributed by atoms with E-state index in [4.69, 9.17) is 10.5 Å². The van der Waals surface area contributed by atoms with E-state index < -0.39 is 0 Å². The molecule has 2 heterocycles. The number of carbonyl (C=O) groups is 1. The van der Waals surface area contributed by atoms with E-state index in [0.29, 0.717) is 17.4 Å². The average Bonchev–Trinajstić information content (AvgIpc) is 3.18. The number of thiophene rings is 1. The molecule has 2 bridgehead atoms. The fourth-order valence-electron chi connectivity index (χ4n) is 4.92. The lowest BCUT2D eigenvalue weighted by molar-refractivity contribution is -0.120. The van der Waals surface area contributed by atoms with Crippen molar-refractivity contribution in [3.8, 4) is 0 Å². The molecule has 1 aliphatic carbocycles. The molecule has 1 aromatic carbocycles. The standard InChI is InChI=1S/C20H24N2O2S/c1-24-20(16-4-2-3-15(9-16)19(21)23)17-5-6-18(20)12-22(11-17)10-14-7-8-25-13-14/h2-4,7-9,13,17-18H,5-6,10-12H2,1H3,(H2,21,23). The van der Waals surface area contributed by atoms with Crippen molar-refractivity contribution in [3.05, 3.63) is 57.8 Å². The normalized spacial score (nSPS) is 29.0. The van der Waals surface area contributed by atoms with Gasteiger partial charge in [-0.3, -0.25) is 9.69 Å². The van der Waals surface area contributed by atoms with Crippen LogP contribution in [0.25, 0.3) is 0 Å². The Bertz CT molecular complexity index is 745. The molecule has 25 heavy (non-hydrogen) atoms. The van der Waals surface area contributed by atoms with Crippen LogP contribution in [0.2, 0.25) is 0 Å². The predicted octanol–water partition coefficient (Wildman–Crippen LogP) is 3.23. The van der Waals surface area contributed by atoms with Gasteiger partial charge in [-0.2, -0.15) is 11.3 Å². The summed E-state index contributed by atoms with van der Waals surface area (Å²) in [5.41, 5.74) is 8.26. The van der Waals surface area contributed by atoms with E-state index in [-0.39, 0.29) is 11.5 Å². The molecule has 1 aliphatic heterocycles. The molecule has 1 saturated heterocycles. The maximum absolute atomic E-state index is 11.6. The number of ether oxygens (including phenoxy) is 1. The second-order valence-electron chi connectivity index (χ2n) is 7.24. The number of rotatable bonds is 5. The first-order chi connectivity index (χ1) is 12.1. The van der Waals surface area contributed by atoms with Crippen molar-refractivity contribution in [2.45, 2.75) is 25.0 Å². The van der Waals surface area contributed by atoms with Gasteiger partial charge in [0.05, 0.1) is 0 Å². The van der Waals surface area contributed by atoms with Gasteiger partial charge in [-0.25, -0.2) is 0 Å². The van der Waals surface area contributed by atoms with Crippen LogP contribution in [-0.4, -0.2) is 31.0 Å². The lowest BCUT2D eigenvalue weighted by Crippen LogP contribution is -2.52. The fraction of sp³-hybridized carbons (Fsp3) is 0.450. The van der Waals surface area contributed by atoms with Gasteiger partial charge in [0.25, 0.3) is 0 Å². The zero-order valence-corrected chi connectivity index (χ0v) is 15.3. The fourth-order valence-corrected chi connectivity index (χ4v) is 5.58. The van der Waals surface area contributed by atoms with Crippen molar-refractivity contribution < 1.29 is 9.53 Å². The third-order valence-corrected chi connectivity index (χ3v) is 6.69. The van der Waals surface area contributed by atoms with Gasteiger partial charge in [0.15, 0.2) is 0 Å². The number of hydrogen-bond acceptors (Lipinski definition) is 4. The van der Waals surface area contributed by atoms with Gasteiger partial charge in [0.1, 0.15) is 5.60 Å². The van der Waals surface area contributed by atoms with E-state index in [9.17, 15) is 4.79 Å². The second-order valence-corrected chi connectivity index (χ2v) is 8.02. The van der Waals surface area contributed by atoms with Crippen molar-refractivity contribution >= 4 is 17.2 Å². The number of fused-ring (bicyclic) bond motifs is 2. The average molecular weight is 356 g/mol. The number of hydrogen-bond donors (Lipinski definition) is 1. The summed E-state index contributed by atoms with van der Waals surface area (Å²) < 4.78 is 6.19. The Hall–Kier alpha value is -1.69. The zero-order valence-electron chi connectivity index (χ0n) is 14.5. The zero-order chi connectivity index (χ0) is 17.4. The van der Waals surface area contributed by atoms with E-state index >= 15 is 0 Å². The molecule has 132 valence electrons. The number of piperidine rings is 1. The number of benzene rings is 1. The molecular formula is C20H24N2O2S. The Kier molecular flexibility index (Phi) is 4.40. The molecular weight excluding hydrogens is 332 g/mol. The smallest absolute Gasteiger partial charge is 0.248 e. The van der Waals surface area contributed by atoms with Crippen LogP contribution in [0.5, 0.6) is 0 Å². The maximum Gasteiger partial charge on any atom is 0.248 e. The van der Waals surface area contributed by atoms with Crippen molar-refractivity contribution in [2.75, 3.05) is 20.2 Å². The summed E-state index contributed by atoms with van der Waals surface area (Å²) in [6, 6.07) is 9.94. The monoisotopic (exact) mass is 356 g/mol. The van der Waals surface area contributed by atoms with Crippen LogP contribution < -0.4 is 5.73 Å². The SMILES string of the molecule is COC1(c2cccc(C(N)=O)c2)C2CCC1CN(Cc1ccsc1)C2. The molecule has 2 fully saturated rings. The number of amides is 1. The molecule has 2 aliphatic rings. The lowest BCUT2D eigenvalue weighted by atomic mass is 9.74. The van der Waals surface area contributed by atoms with Gasteiger partial charge in [-0.1, -0.05) is 12.1 Å². The van der Waals surface area contributed by atoms with Gasteiger partial charge in [-0.15, -0.1) is 0 Å². The van der Waals surface area contributed by atoms with Crippen molar-refractivity contribution in [1.29, 1.82) is 0 Å². The Labute approximate surface area is 152 Å².